The highest BCUT2D eigenvalue weighted by atomic mass is 16.5. The smallest absolute Gasteiger partial charge is 0.325 e. The number of aromatic nitrogens is 1. The highest BCUT2D eigenvalue weighted by molar-refractivity contribution is 5.97. The van der Waals surface area contributed by atoms with Crippen LogP contribution in [0.2, 0.25) is 0 Å². The Morgan fingerprint density at radius 1 is 1.50 bits per heavy atom. The second-order valence-corrected chi connectivity index (χ2v) is 3.85. The van der Waals surface area contributed by atoms with Crippen LogP contribution in [0.1, 0.15) is 22.8 Å². The number of amides is 1. The lowest BCUT2D eigenvalue weighted by atomic mass is 10.1. The Bertz CT molecular complexity index is 546. The first-order chi connectivity index (χ1) is 9.60. The number of aliphatic hydroxyl groups excluding tert-OH is 1. The molecule has 0 saturated carbocycles. The Hall–Kier alpha value is -2.39. The zero-order valence-electron chi connectivity index (χ0n) is 11.4. The van der Waals surface area contributed by atoms with E-state index in [9.17, 15) is 9.59 Å². The van der Waals surface area contributed by atoms with Gasteiger partial charge in [-0.1, -0.05) is 11.8 Å². The first-order valence-corrected chi connectivity index (χ1v) is 6.05. The molecule has 0 bridgehead atoms. The molecule has 0 spiro atoms. The van der Waals surface area contributed by atoms with Gasteiger partial charge in [0.05, 0.1) is 17.7 Å². The maximum atomic E-state index is 12.2. The highest BCUT2D eigenvalue weighted by Gasteiger charge is 2.17. The van der Waals surface area contributed by atoms with E-state index in [1.54, 1.807) is 6.92 Å². The molecule has 1 rings (SSSR count). The number of ether oxygens (including phenoxy) is 1. The molecule has 1 aromatic heterocycles. The minimum atomic E-state index is -0.472. The number of hydrogen-bond acceptors (Lipinski definition) is 5. The van der Waals surface area contributed by atoms with E-state index in [0.717, 1.165) is 0 Å². The van der Waals surface area contributed by atoms with Crippen LogP contribution in [-0.2, 0) is 9.53 Å². The molecule has 1 aromatic rings. The summed E-state index contributed by atoms with van der Waals surface area (Å²) in [6, 6.07) is 1.52. The van der Waals surface area contributed by atoms with E-state index in [1.807, 2.05) is 0 Å². The Balaban J connectivity index is 2.89. The molecule has 1 heterocycles. The van der Waals surface area contributed by atoms with E-state index < -0.39 is 5.97 Å². The summed E-state index contributed by atoms with van der Waals surface area (Å²) in [6.45, 7) is 1.53. The van der Waals surface area contributed by atoms with Crippen molar-refractivity contribution in [2.24, 2.45) is 0 Å². The van der Waals surface area contributed by atoms with Crippen molar-refractivity contribution in [2.75, 3.05) is 26.8 Å². The van der Waals surface area contributed by atoms with Gasteiger partial charge in [0.15, 0.2) is 0 Å². The quantitative estimate of drug-likeness (QED) is 0.621. The number of rotatable bonds is 4. The molecule has 0 radical (unpaired) electrons. The number of esters is 1. The predicted molar refractivity (Wildman–Crippen MR) is 71.8 cm³/mol. The van der Waals surface area contributed by atoms with E-state index in [1.165, 1.54) is 30.4 Å². The van der Waals surface area contributed by atoms with Crippen LogP contribution in [0.5, 0.6) is 0 Å². The summed E-state index contributed by atoms with van der Waals surface area (Å²) in [5.41, 5.74) is 0.731. The zero-order chi connectivity index (χ0) is 15.0. The third kappa shape index (κ3) is 4.37. The number of pyridine rings is 1. The third-order valence-electron chi connectivity index (χ3n) is 2.37. The van der Waals surface area contributed by atoms with Crippen LogP contribution in [0.15, 0.2) is 18.5 Å². The van der Waals surface area contributed by atoms with Crippen molar-refractivity contribution in [3.63, 3.8) is 0 Å². The molecule has 106 valence electrons. The molecule has 0 aliphatic rings. The molecule has 6 nitrogen and oxygen atoms in total. The van der Waals surface area contributed by atoms with Crippen LogP contribution in [0.25, 0.3) is 0 Å². The maximum Gasteiger partial charge on any atom is 0.325 e. The highest BCUT2D eigenvalue weighted by Crippen LogP contribution is 2.08. The lowest BCUT2D eigenvalue weighted by Crippen LogP contribution is -2.33. The normalized spacial score (nSPS) is 9.35. The SMILES string of the molecule is CCOC(=O)CN(C)C(=O)c1ccncc1C#CCO. The summed E-state index contributed by atoms with van der Waals surface area (Å²) in [5, 5.41) is 8.69. The lowest BCUT2D eigenvalue weighted by molar-refractivity contribution is -0.143. The molecule has 0 saturated heterocycles. The molecule has 0 aliphatic carbocycles. The van der Waals surface area contributed by atoms with E-state index in [0.29, 0.717) is 11.1 Å². The van der Waals surface area contributed by atoms with Gasteiger partial charge in [0.25, 0.3) is 5.91 Å². The molecule has 1 amide bonds. The van der Waals surface area contributed by atoms with Gasteiger partial charge in [-0.25, -0.2) is 0 Å². The van der Waals surface area contributed by atoms with E-state index in [2.05, 4.69) is 16.8 Å². The number of carbonyl (C=O) groups is 2. The Labute approximate surface area is 117 Å². The summed E-state index contributed by atoms with van der Waals surface area (Å²) in [4.78, 5) is 28.7. The van der Waals surface area contributed by atoms with Crippen molar-refractivity contribution in [3.05, 3.63) is 29.6 Å². The standard InChI is InChI=1S/C14H16N2O4/c1-3-20-13(18)10-16(2)14(19)12-6-7-15-9-11(12)5-4-8-17/h6-7,9,17H,3,8,10H2,1-2H3. The molecule has 0 atom stereocenters. The topological polar surface area (TPSA) is 79.7 Å². The number of aliphatic hydroxyl groups is 1. The van der Waals surface area contributed by atoms with E-state index in [4.69, 9.17) is 9.84 Å². The van der Waals surface area contributed by atoms with Gasteiger partial charge in [0.1, 0.15) is 13.2 Å². The Morgan fingerprint density at radius 2 is 2.25 bits per heavy atom. The second kappa shape index (κ2) is 7.92. The van der Waals surface area contributed by atoms with Crippen LogP contribution >= 0.6 is 0 Å². The van der Waals surface area contributed by atoms with E-state index in [-0.39, 0.29) is 25.7 Å². The van der Waals surface area contributed by atoms with Gasteiger partial charge >= 0.3 is 5.97 Å². The minimum Gasteiger partial charge on any atom is -0.465 e. The fraction of sp³-hybridized carbons (Fsp3) is 0.357. The average Bonchev–Trinajstić information content (AvgIpc) is 2.44. The first kappa shape index (κ1) is 15.7. The largest absolute Gasteiger partial charge is 0.465 e. The monoisotopic (exact) mass is 276 g/mol. The van der Waals surface area contributed by atoms with Gasteiger partial charge in [-0.3, -0.25) is 14.6 Å². The molecule has 0 unspecified atom stereocenters. The van der Waals surface area contributed by atoms with Crippen molar-refractivity contribution >= 4 is 11.9 Å². The van der Waals surface area contributed by atoms with Crippen molar-refractivity contribution in [1.82, 2.24) is 9.88 Å². The zero-order valence-corrected chi connectivity index (χ0v) is 11.4. The number of nitrogens with zero attached hydrogens (tertiary/aromatic N) is 2. The Morgan fingerprint density at radius 3 is 2.90 bits per heavy atom. The van der Waals surface area contributed by atoms with Gasteiger partial charge in [-0.15, -0.1) is 0 Å². The Kier molecular flexibility index (Phi) is 6.20. The van der Waals surface area contributed by atoms with Gasteiger partial charge in [0, 0.05) is 19.4 Å². The van der Waals surface area contributed by atoms with Gasteiger partial charge in [-0.2, -0.15) is 0 Å². The van der Waals surface area contributed by atoms with Crippen molar-refractivity contribution in [3.8, 4) is 11.8 Å². The molecular weight excluding hydrogens is 260 g/mol. The fourth-order valence-electron chi connectivity index (χ4n) is 1.49. The lowest BCUT2D eigenvalue weighted by Gasteiger charge is -2.16. The summed E-state index contributed by atoms with van der Waals surface area (Å²) < 4.78 is 4.79. The van der Waals surface area contributed by atoms with Crippen LogP contribution in [-0.4, -0.2) is 53.7 Å². The second-order valence-electron chi connectivity index (χ2n) is 3.85. The predicted octanol–water partition coefficient (Wildman–Crippen LogP) is 0.0605. The van der Waals surface area contributed by atoms with Crippen molar-refractivity contribution in [2.45, 2.75) is 6.92 Å². The van der Waals surface area contributed by atoms with Gasteiger partial charge in [0.2, 0.25) is 0 Å². The first-order valence-electron chi connectivity index (χ1n) is 6.05. The minimum absolute atomic E-state index is 0.137. The molecule has 0 aliphatic heterocycles. The molecule has 6 heteroatoms. The van der Waals surface area contributed by atoms with Gasteiger partial charge in [-0.05, 0) is 13.0 Å². The summed E-state index contributed by atoms with van der Waals surface area (Å²) in [7, 11) is 1.50. The van der Waals surface area contributed by atoms with Crippen molar-refractivity contribution in [1.29, 1.82) is 0 Å². The number of likely N-dealkylation sites (N-methyl/N-ethyl adjacent to an activating group) is 1. The summed E-state index contributed by atoms with van der Waals surface area (Å²) in [6.07, 6.45) is 2.91. The molecule has 20 heavy (non-hydrogen) atoms. The molecular formula is C14H16N2O4. The van der Waals surface area contributed by atoms with Gasteiger partial charge < -0.3 is 14.7 Å². The summed E-state index contributed by atoms with van der Waals surface area (Å²) >= 11 is 0. The van der Waals surface area contributed by atoms with E-state index >= 15 is 0 Å². The number of hydrogen-bond donors (Lipinski definition) is 1. The van der Waals surface area contributed by atoms with Crippen LogP contribution in [0.4, 0.5) is 0 Å². The van der Waals surface area contributed by atoms with Crippen LogP contribution in [0.3, 0.4) is 0 Å². The number of carbonyl (C=O) groups excluding carboxylic acids is 2. The van der Waals surface area contributed by atoms with Crippen LogP contribution < -0.4 is 0 Å². The van der Waals surface area contributed by atoms with Crippen molar-refractivity contribution < 1.29 is 19.4 Å². The molecule has 0 aromatic carbocycles. The molecule has 1 N–H and O–H groups in total. The summed E-state index contributed by atoms with van der Waals surface area (Å²) in [5.74, 6) is 4.28. The molecule has 0 fully saturated rings. The maximum absolute atomic E-state index is 12.2. The van der Waals surface area contributed by atoms with Crippen LogP contribution in [0, 0.1) is 11.8 Å². The average molecular weight is 276 g/mol. The fourth-order valence-corrected chi connectivity index (χ4v) is 1.49. The third-order valence-corrected chi connectivity index (χ3v) is 2.37.